The molecule has 3 N–H and O–H groups in total. The van der Waals surface area contributed by atoms with Crippen molar-refractivity contribution in [2.24, 2.45) is 0 Å². The van der Waals surface area contributed by atoms with Gasteiger partial charge in [-0.1, -0.05) is 18.2 Å². The average molecular weight is 500 g/mol. The number of hydrogen-bond acceptors (Lipinski definition) is 6. The summed E-state index contributed by atoms with van der Waals surface area (Å²) in [7, 11) is 1.59. The van der Waals surface area contributed by atoms with Gasteiger partial charge in [-0.15, -0.1) is 0 Å². The van der Waals surface area contributed by atoms with Gasteiger partial charge in [0.05, 0.1) is 13.7 Å². The van der Waals surface area contributed by atoms with Crippen LogP contribution in [0, 0.1) is 0 Å². The summed E-state index contributed by atoms with van der Waals surface area (Å²) in [5, 5.41) is 8.24. The van der Waals surface area contributed by atoms with Crippen molar-refractivity contribution in [3.63, 3.8) is 0 Å². The number of ether oxygens (including phenoxy) is 3. The molecule has 0 fully saturated rings. The van der Waals surface area contributed by atoms with Gasteiger partial charge in [-0.2, -0.15) is 0 Å². The molecule has 0 unspecified atom stereocenters. The molecule has 2 aromatic carbocycles. The number of carbonyl (C=O) groups excluding carboxylic acids is 3. The lowest BCUT2D eigenvalue weighted by Gasteiger charge is -2.19. The predicted octanol–water partition coefficient (Wildman–Crippen LogP) is 4.20. The molecule has 0 saturated carbocycles. The molecule has 0 aromatic heterocycles. The number of methoxy groups -OCH3 is 1. The summed E-state index contributed by atoms with van der Waals surface area (Å²) in [6, 6.07) is 12.9. The molecule has 36 heavy (non-hydrogen) atoms. The Kier molecular flexibility index (Phi) is 11.1. The maximum Gasteiger partial charge on any atom is 0.407 e. The highest BCUT2D eigenvalue weighted by Crippen LogP contribution is 2.28. The molecule has 0 bridgehead atoms. The molecule has 0 spiro atoms. The normalized spacial score (nSPS) is 10.8. The lowest BCUT2D eigenvalue weighted by atomic mass is 10.1. The first-order valence-electron chi connectivity index (χ1n) is 12.0. The number of hydrogen-bond donors (Lipinski definition) is 3. The van der Waals surface area contributed by atoms with E-state index in [1.165, 1.54) is 0 Å². The fraction of sp³-hybridized carbons (Fsp3) is 0.444. The first-order valence-corrected chi connectivity index (χ1v) is 12.0. The summed E-state index contributed by atoms with van der Waals surface area (Å²) in [4.78, 5) is 36.0. The lowest BCUT2D eigenvalue weighted by molar-refractivity contribution is -0.121. The summed E-state index contributed by atoms with van der Waals surface area (Å²) in [5.74, 6) is 1.06. The van der Waals surface area contributed by atoms with Crippen molar-refractivity contribution in [1.82, 2.24) is 10.6 Å². The third kappa shape index (κ3) is 10.7. The van der Waals surface area contributed by atoms with E-state index in [1.807, 2.05) is 37.3 Å². The van der Waals surface area contributed by atoms with Crippen LogP contribution in [0.4, 0.5) is 10.5 Å². The highest BCUT2D eigenvalue weighted by molar-refractivity contribution is 5.91. The molecule has 0 aliphatic rings. The standard InChI is InChI=1S/C27H37N3O6/c1-6-35-22-13-9-19(17-23(22)34-5)10-14-24(31)29-18-20-7-11-21(12-8-20)30-25(32)15-16-28-26(33)36-27(2,3)4/h7-9,11-13,17H,6,10,14-16,18H2,1-5H3,(H,28,33)(H,29,31)(H,30,32). The molecule has 2 rings (SSSR count). The third-order valence-corrected chi connectivity index (χ3v) is 4.92. The van der Waals surface area contributed by atoms with Crippen LogP contribution in [-0.2, 0) is 27.3 Å². The Morgan fingerprint density at radius 1 is 0.861 bits per heavy atom. The van der Waals surface area contributed by atoms with Gasteiger partial charge in [0.1, 0.15) is 5.60 Å². The highest BCUT2D eigenvalue weighted by atomic mass is 16.6. The van der Waals surface area contributed by atoms with Crippen LogP contribution >= 0.6 is 0 Å². The Morgan fingerprint density at radius 2 is 1.56 bits per heavy atom. The maximum atomic E-state index is 12.3. The molecule has 0 atom stereocenters. The molecule has 0 radical (unpaired) electrons. The third-order valence-electron chi connectivity index (χ3n) is 4.92. The number of anilines is 1. The Hall–Kier alpha value is -3.75. The Morgan fingerprint density at radius 3 is 2.19 bits per heavy atom. The molecule has 0 saturated heterocycles. The van der Waals surface area contributed by atoms with E-state index in [0.717, 1.165) is 11.1 Å². The molecule has 2 aromatic rings. The SMILES string of the molecule is CCOc1ccc(CCC(=O)NCc2ccc(NC(=O)CCNC(=O)OC(C)(C)C)cc2)cc1OC. The number of carbonyl (C=O) groups is 3. The van der Waals surface area contributed by atoms with E-state index in [-0.39, 0.29) is 24.8 Å². The van der Waals surface area contributed by atoms with E-state index in [2.05, 4.69) is 16.0 Å². The largest absolute Gasteiger partial charge is 0.493 e. The van der Waals surface area contributed by atoms with Crippen molar-refractivity contribution in [2.45, 2.75) is 59.1 Å². The summed E-state index contributed by atoms with van der Waals surface area (Å²) < 4.78 is 16.0. The minimum absolute atomic E-state index is 0.0577. The second-order valence-corrected chi connectivity index (χ2v) is 9.12. The number of benzene rings is 2. The van der Waals surface area contributed by atoms with Crippen molar-refractivity contribution < 1.29 is 28.6 Å². The van der Waals surface area contributed by atoms with Crippen LogP contribution in [0.15, 0.2) is 42.5 Å². The van der Waals surface area contributed by atoms with Gasteiger partial charge < -0.3 is 30.2 Å². The monoisotopic (exact) mass is 499 g/mol. The average Bonchev–Trinajstić information content (AvgIpc) is 2.82. The molecular formula is C27H37N3O6. The summed E-state index contributed by atoms with van der Waals surface area (Å²) in [6.45, 7) is 8.35. The number of rotatable bonds is 12. The number of aryl methyl sites for hydroxylation is 1. The zero-order chi connectivity index (χ0) is 26.6. The van der Waals surface area contributed by atoms with E-state index in [1.54, 1.807) is 40.0 Å². The predicted molar refractivity (Wildman–Crippen MR) is 138 cm³/mol. The second kappa shape index (κ2) is 14.0. The van der Waals surface area contributed by atoms with Gasteiger partial charge >= 0.3 is 6.09 Å². The van der Waals surface area contributed by atoms with Gasteiger partial charge in [0.2, 0.25) is 11.8 Å². The van der Waals surface area contributed by atoms with Crippen molar-refractivity contribution >= 4 is 23.6 Å². The lowest BCUT2D eigenvalue weighted by Crippen LogP contribution is -2.34. The molecule has 9 heteroatoms. The zero-order valence-electron chi connectivity index (χ0n) is 21.7. The highest BCUT2D eigenvalue weighted by Gasteiger charge is 2.16. The van der Waals surface area contributed by atoms with E-state index in [4.69, 9.17) is 14.2 Å². The van der Waals surface area contributed by atoms with E-state index >= 15 is 0 Å². The zero-order valence-corrected chi connectivity index (χ0v) is 21.7. The fourth-order valence-corrected chi connectivity index (χ4v) is 3.21. The van der Waals surface area contributed by atoms with Crippen LogP contribution in [0.5, 0.6) is 11.5 Å². The van der Waals surface area contributed by atoms with E-state index in [0.29, 0.717) is 43.2 Å². The van der Waals surface area contributed by atoms with Crippen molar-refractivity contribution in [3.8, 4) is 11.5 Å². The smallest absolute Gasteiger partial charge is 0.407 e. The Balaban J connectivity index is 1.71. The van der Waals surface area contributed by atoms with Crippen LogP contribution in [0.2, 0.25) is 0 Å². The number of alkyl carbamates (subject to hydrolysis) is 1. The van der Waals surface area contributed by atoms with Gasteiger partial charge in [-0.25, -0.2) is 4.79 Å². The summed E-state index contributed by atoms with van der Waals surface area (Å²) in [6.07, 6.45) is 0.503. The first-order chi connectivity index (χ1) is 17.1. The first kappa shape index (κ1) is 28.5. The quantitative estimate of drug-likeness (QED) is 0.403. The van der Waals surface area contributed by atoms with Gasteiger partial charge in [-0.05, 0) is 69.5 Å². The molecule has 9 nitrogen and oxygen atoms in total. The molecule has 3 amide bonds. The minimum atomic E-state index is -0.585. The van der Waals surface area contributed by atoms with Gasteiger partial charge in [0.25, 0.3) is 0 Å². The van der Waals surface area contributed by atoms with E-state index < -0.39 is 11.7 Å². The van der Waals surface area contributed by atoms with Crippen LogP contribution in [0.3, 0.4) is 0 Å². The molecule has 0 aliphatic heterocycles. The second-order valence-electron chi connectivity index (χ2n) is 9.12. The van der Waals surface area contributed by atoms with Crippen LogP contribution in [0.25, 0.3) is 0 Å². The number of nitrogens with one attached hydrogen (secondary N) is 3. The van der Waals surface area contributed by atoms with Crippen LogP contribution < -0.4 is 25.4 Å². The molecule has 196 valence electrons. The van der Waals surface area contributed by atoms with Crippen LogP contribution in [-0.4, -0.2) is 43.8 Å². The van der Waals surface area contributed by atoms with Crippen LogP contribution in [0.1, 0.15) is 51.7 Å². The molecule has 0 aliphatic carbocycles. The van der Waals surface area contributed by atoms with Crippen molar-refractivity contribution in [1.29, 1.82) is 0 Å². The summed E-state index contributed by atoms with van der Waals surface area (Å²) in [5.41, 5.74) is 1.96. The van der Waals surface area contributed by atoms with Crippen molar-refractivity contribution in [3.05, 3.63) is 53.6 Å². The summed E-state index contributed by atoms with van der Waals surface area (Å²) >= 11 is 0. The minimum Gasteiger partial charge on any atom is -0.493 e. The Labute approximate surface area is 212 Å². The Bertz CT molecular complexity index is 1020. The van der Waals surface area contributed by atoms with Gasteiger partial charge in [0.15, 0.2) is 11.5 Å². The topological polar surface area (TPSA) is 115 Å². The van der Waals surface area contributed by atoms with Crippen molar-refractivity contribution in [2.75, 3.05) is 25.6 Å². The molecular weight excluding hydrogens is 462 g/mol. The van der Waals surface area contributed by atoms with Gasteiger partial charge in [-0.3, -0.25) is 9.59 Å². The van der Waals surface area contributed by atoms with E-state index in [9.17, 15) is 14.4 Å². The maximum absolute atomic E-state index is 12.3. The van der Waals surface area contributed by atoms with Gasteiger partial charge in [0, 0.05) is 31.6 Å². The molecule has 0 heterocycles. The number of amides is 3. The fourth-order valence-electron chi connectivity index (χ4n) is 3.21.